The molecular formula is C24H30N4O2. The fourth-order valence-corrected chi connectivity index (χ4v) is 4.53. The monoisotopic (exact) mass is 406 g/mol. The van der Waals surface area contributed by atoms with Crippen LogP contribution in [0.25, 0.3) is 0 Å². The van der Waals surface area contributed by atoms with Gasteiger partial charge in [-0.2, -0.15) is 0 Å². The van der Waals surface area contributed by atoms with Crippen molar-refractivity contribution in [2.75, 3.05) is 37.7 Å². The minimum atomic E-state index is -0.974. The van der Waals surface area contributed by atoms with Crippen molar-refractivity contribution in [3.63, 3.8) is 0 Å². The molecule has 1 atom stereocenters. The topological polar surface area (TPSA) is 55.9 Å². The Morgan fingerprint density at radius 2 is 1.50 bits per heavy atom. The summed E-state index contributed by atoms with van der Waals surface area (Å²) in [4.78, 5) is 32.3. The van der Waals surface area contributed by atoms with Gasteiger partial charge in [-0.1, -0.05) is 62.4 Å². The highest BCUT2D eigenvalue weighted by Gasteiger charge is 2.52. The molecule has 1 N–H and O–H groups in total. The van der Waals surface area contributed by atoms with E-state index in [1.54, 1.807) is 0 Å². The van der Waals surface area contributed by atoms with Gasteiger partial charge in [-0.05, 0) is 30.0 Å². The van der Waals surface area contributed by atoms with E-state index in [1.807, 2.05) is 48.5 Å². The van der Waals surface area contributed by atoms with Crippen molar-refractivity contribution in [3.8, 4) is 0 Å². The summed E-state index contributed by atoms with van der Waals surface area (Å²) in [5.41, 5.74) is 1.10. The Kier molecular flexibility index (Phi) is 5.77. The van der Waals surface area contributed by atoms with Gasteiger partial charge in [0.05, 0.1) is 6.67 Å². The fourth-order valence-electron chi connectivity index (χ4n) is 4.53. The van der Waals surface area contributed by atoms with Crippen molar-refractivity contribution in [2.45, 2.75) is 25.8 Å². The van der Waals surface area contributed by atoms with E-state index in [2.05, 4.69) is 41.1 Å². The molecule has 2 heterocycles. The average Bonchev–Trinajstić information content (AvgIpc) is 3.00. The van der Waals surface area contributed by atoms with Gasteiger partial charge in [0.2, 0.25) is 0 Å². The van der Waals surface area contributed by atoms with E-state index >= 15 is 0 Å². The number of nitrogens with one attached hydrogen (secondary N) is 1. The molecule has 30 heavy (non-hydrogen) atoms. The van der Waals surface area contributed by atoms with Gasteiger partial charge in [-0.3, -0.25) is 9.69 Å². The average molecular weight is 407 g/mol. The van der Waals surface area contributed by atoms with Gasteiger partial charge < -0.3 is 10.2 Å². The lowest BCUT2D eigenvalue weighted by Crippen LogP contribution is -2.52. The van der Waals surface area contributed by atoms with E-state index in [4.69, 9.17) is 0 Å². The first-order valence-corrected chi connectivity index (χ1v) is 10.7. The number of imide groups is 1. The number of anilines is 1. The highest BCUT2D eigenvalue weighted by Crippen LogP contribution is 2.35. The van der Waals surface area contributed by atoms with Crippen LogP contribution in [0.1, 0.15) is 25.8 Å². The van der Waals surface area contributed by atoms with E-state index < -0.39 is 5.54 Å². The quantitative estimate of drug-likeness (QED) is 0.748. The van der Waals surface area contributed by atoms with Crippen LogP contribution in [0.5, 0.6) is 0 Å². The SMILES string of the molecule is CC(C)C[C@@]1(c2ccccc2)NC(=O)N(CN2CCN(c3ccccc3)CC2)C1=O. The van der Waals surface area contributed by atoms with Crippen molar-refractivity contribution in [2.24, 2.45) is 5.92 Å². The fraction of sp³-hybridized carbons (Fsp3) is 0.417. The van der Waals surface area contributed by atoms with Gasteiger partial charge in [0.1, 0.15) is 5.54 Å². The second kappa shape index (κ2) is 8.48. The van der Waals surface area contributed by atoms with Crippen LogP contribution in [-0.4, -0.2) is 54.6 Å². The van der Waals surface area contributed by atoms with Crippen LogP contribution in [0.2, 0.25) is 0 Å². The lowest BCUT2D eigenvalue weighted by atomic mass is 9.82. The summed E-state index contributed by atoms with van der Waals surface area (Å²) < 4.78 is 0. The Hall–Kier alpha value is -2.86. The maximum Gasteiger partial charge on any atom is 0.326 e. The van der Waals surface area contributed by atoms with Gasteiger partial charge in [0.25, 0.3) is 5.91 Å². The van der Waals surface area contributed by atoms with Crippen LogP contribution in [-0.2, 0) is 10.3 Å². The molecule has 0 saturated carbocycles. The first kappa shape index (κ1) is 20.4. The molecule has 6 heteroatoms. The molecule has 2 aliphatic heterocycles. The molecule has 158 valence electrons. The third-order valence-electron chi connectivity index (χ3n) is 5.99. The molecular weight excluding hydrogens is 376 g/mol. The molecule has 2 aromatic rings. The molecule has 3 amide bonds. The minimum absolute atomic E-state index is 0.141. The van der Waals surface area contributed by atoms with E-state index in [1.165, 1.54) is 10.6 Å². The maximum atomic E-state index is 13.5. The first-order valence-electron chi connectivity index (χ1n) is 10.7. The van der Waals surface area contributed by atoms with E-state index in [0.717, 1.165) is 31.7 Å². The molecule has 0 bridgehead atoms. The molecule has 0 unspecified atom stereocenters. The number of carbonyl (C=O) groups is 2. The predicted octanol–water partition coefficient (Wildman–Crippen LogP) is 3.26. The van der Waals surface area contributed by atoms with Crippen LogP contribution in [0, 0.1) is 5.92 Å². The normalized spacial score (nSPS) is 22.6. The maximum absolute atomic E-state index is 13.5. The molecule has 2 aliphatic rings. The Morgan fingerprint density at radius 1 is 0.900 bits per heavy atom. The summed E-state index contributed by atoms with van der Waals surface area (Å²) in [5.74, 6) is 0.127. The van der Waals surface area contributed by atoms with Crippen molar-refractivity contribution in [3.05, 3.63) is 66.2 Å². The lowest BCUT2D eigenvalue weighted by molar-refractivity contribution is -0.133. The Balaban J connectivity index is 1.46. The van der Waals surface area contributed by atoms with Crippen molar-refractivity contribution >= 4 is 17.6 Å². The number of piperazine rings is 1. The van der Waals surface area contributed by atoms with Gasteiger partial charge in [0.15, 0.2) is 0 Å². The standard InChI is InChI=1S/C24H30N4O2/c1-19(2)17-24(20-9-5-3-6-10-20)22(29)28(23(30)25-24)18-26-13-15-27(16-14-26)21-11-7-4-8-12-21/h3-12,19H,13-18H2,1-2H3,(H,25,30)/t24-/m0/s1. The van der Waals surface area contributed by atoms with Gasteiger partial charge in [-0.15, -0.1) is 0 Å². The van der Waals surface area contributed by atoms with Crippen molar-refractivity contribution in [1.29, 1.82) is 0 Å². The number of carbonyl (C=O) groups excluding carboxylic acids is 2. The van der Waals surface area contributed by atoms with E-state index in [9.17, 15) is 9.59 Å². The highest BCUT2D eigenvalue weighted by molar-refractivity contribution is 6.07. The molecule has 0 spiro atoms. The second-order valence-electron chi connectivity index (χ2n) is 8.61. The number of nitrogens with zero attached hydrogens (tertiary/aromatic N) is 3. The predicted molar refractivity (Wildman–Crippen MR) is 118 cm³/mol. The Morgan fingerprint density at radius 3 is 2.10 bits per heavy atom. The molecule has 4 rings (SSSR count). The molecule has 2 fully saturated rings. The number of amides is 3. The zero-order valence-corrected chi connectivity index (χ0v) is 17.8. The van der Waals surface area contributed by atoms with Crippen LogP contribution < -0.4 is 10.2 Å². The molecule has 2 aromatic carbocycles. The van der Waals surface area contributed by atoms with Gasteiger partial charge >= 0.3 is 6.03 Å². The Bertz CT molecular complexity index is 879. The van der Waals surface area contributed by atoms with Crippen LogP contribution in [0.4, 0.5) is 10.5 Å². The third-order valence-corrected chi connectivity index (χ3v) is 5.99. The highest BCUT2D eigenvalue weighted by atomic mass is 16.2. The number of hydrogen-bond donors (Lipinski definition) is 1. The molecule has 2 saturated heterocycles. The summed E-state index contributed by atoms with van der Waals surface area (Å²) in [6.07, 6.45) is 0.583. The lowest BCUT2D eigenvalue weighted by Gasteiger charge is -2.37. The Labute approximate surface area is 178 Å². The first-order chi connectivity index (χ1) is 14.5. The zero-order valence-electron chi connectivity index (χ0n) is 17.8. The van der Waals surface area contributed by atoms with E-state index in [-0.39, 0.29) is 17.9 Å². The van der Waals surface area contributed by atoms with Crippen molar-refractivity contribution in [1.82, 2.24) is 15.1 Å². The smallest absolute Gasteiger partial charge is 0.326 e. The van der Waals surface area contributed by atoms with Gasteiger partial charge in [-0.25, -0.2) is 9.69 Å². The second-order valence-corrected chi connectivity index (χ2v) is 8.61. The van der Waals surface area contributed by atoms with Crippen LogP contribution >= 0.6 is 0 Å². The molecule has 0 aliphatic carbocycles. The number of urea groups is 1. The van der Waals surface area contributed by atoms with Crippen LogP contribution in [0.15, 0.2) is 60.7 Å². The van der Waals surface area contributed by atoms with Crippen LogP contribution in [0.3, 0.4) is 0 Å². The van der Waals surface area contributed by atoms with Crippen molar-refractivity contribution < 1.29 is 9.59 Å². The summed E-state index contributed by atoms with van der Waals surface area (Å²) >= 11 is 0. The third kappa shape index (κ3) is 3.92. The minimum Gasteiger partial charge on any atom is -0.369 e. The molecule has 6 nitrogen and oxygen atoms in total. The number of benzene rings is 2. The summed E-state index contributed by atoms with van der Waals surface area (Å²) in [6.45, 7) is 7.88. The van der Waals surface area contributed by atoms with Gasteiger partial charge in [0, 0.05) is 31.9 Å². The summed E-state index contributed by atoms with van der Waals surface area (Å²) in [5, 5.41) is 3.04. The van der Waals surface area contributed by atoms with E-state index in [0.29, 0.717) is 13.1 Å². The number of para-hydroxylation sites is 1. The molecule has 0 radical (unpaired) electrons. The summed E-state index contributed by atoms with van der Waals surface area (Å²) in [7, 11) is 0. The largest absolute Gasteiger partial charge is 0.369 e. The number of hydrogen-bond acceptors (Lipinski definition) is 4. The summed E-state index contributed by atoms with van der Waals surface area (Å²) in [6, 6.07) is 19.7. The zero-order chi connectivity index (χ0) is 21.1. The number of rotatable bonds is 6. The molecule has 0 aromatic heterocycles.